The Morgan fingerprint density at radius 2 is 2.04 bits per heavy atom. The number of nitrogens with zero attached hydrogens (tertiary/aromatic N) is 2. The molecule has 0 aliphatic carbocycles. The van der Waals surface area contributed by atoms with Gasteiger partial charge in [0.25, 0.3) is 0 Å². The molecule has 1 aliphatic heterocycles. The van der Waals surface area contributed by atoms with E-state index in [4.69, 9.17) is 0 Å². The average molecular weight is 344 g/mol. The van der Waals surface area contributed by atoms with Crippen LogP contribution >= 0.6 is 0 Å². The summed E-state index contributed by atoms with van der Waals surface area (Å²) in [7, 11) is 0. The second-order valence-electron chi connectivity index (χ2n) is 6.03. The molecular weight excluding hydrogens is 323 g/mol. The Kier molecular flexibility index (Phi) is 5.02. The van der Waals surface area contributed by atoms with Crippen LogP contribution in [0.2, 0.25) is 0 Å². The molecule has 0 unspecified atom stereocenters. The minimum atomic E-state index is -0.369. The standard InChI is InChI=1S/C18H21FN4O2/c1-2-17(24)23-10-7-14(12-23)21-18(25)20-13-5-6-15(19)16(11-13)22-8-3-4-9-22/h3-6,8-9,11,14H,2,7,10,12H2,1H3,(H2,20,21,25)/t14-/m0/s1. The van der Waals surface area contributed by atoms with Crippen molar-refractivity contribution in [2.45, 2.75) is 25.8 Å². The molecule has 2 heterocycles. The fraction of sp³-hybridized carbons (Fsp3) is 0.333. The Balaban J connectivity index is 1.60. The summed E-state index contributed by atoms with van der Waals surface area (Å²) in [6.45, 7) is 3.01. The van der Waals surface area contributed by atoms with Gasteiger partial charge in [0.2, 0.25) is 5.91 Å². The fourth-order valence-electron chi connectivity index (χ4n) is 2.96. The first kappa shape index (κ1) is 17.0. The van der Waals surface area contributed by atoms with Gasteiger partial charge in [0.05, 0.1) is 5.69 Å². The Morgan fingerprint density at radius 3 is 2.76 bits per heavy atom. The van der Waals surface area contributed by atoms with E-state index in [1.165, 1.54) is 12.1 Å². The number of hydrogen-bond acceptors (Lipinski definition) is 2. The Bertz CT molecular complexity index is 760. The molecule has 1 atom stereocenters. The van der Waals surface area contributed by atoms with Crippen LogP contribution in [0.15, 0.2) is 42.7 Å². The van der Waals surface area contributed by atoms with Crippen molar-refractivity contribution >= 4 is 17.6 Å². The molecular formula is C18H21FN4O2. The molecule has 0 spiro atoms. The molecule has 1 saturated heterocycles. The first-order valence-corrected chi connectivity index (χ1v) is 8.35. The lowest BCUT2D eigenvalue weighted by molar-refractivity contribution is -0.129. The molecule has 3 rings (SSSR count). The van der Waals surface area contributed by atoms with Crippen molar-refractivity contribution in [2.24, 2.45) is 0 Å². The van der Waals surface area contributed by atoms with Crippen molar-refractivity contribution in [3.05, 3.63) is 48.5 Å². The van der Waals surface area contributed by atoms with Crippen LogP contribution in [0.25, 0.3) is 5.69 Å². The summed E-state index contributed by atoms with van der Waals surface area (Å²) in [5.41, 5.74) is 0.866. The number of carbonyl (C=O) groups is 2. The maximum Gasteiger partial charge on any atom is 0.319 e. The number of anilines is 1. The quantitative estimate of drug-likeness (QED) is 0.896. The molecule has 2 N–H and O–H groups in total. The zero-order chi connectivity index (χ0) is 17.8. The lowest BCUT2D eigenvalue weighted by Gasteiger charge is -2.17. The molecule has 6 nitrogen and oxygen atoms in total. The van der Waals surface area contributed by atoms with Crippen LogP contribution in [0.3, 0.4) is 0 Å². The monoisotopic (exact) mass is 344 g/mol. The van der Waals surface area contributed by atoms with E-state index in [9.17, 15) is 14.0 Å². The number of nitrogens with one attached hydrogen (secondary N) is 2. The third-order valence-corrected chi connectivity index (χ3v) is 4.27. The van der Waals surface area contributed by atoms with Gasteiger partial charge >= 0.3 is 6.03 Å². The van der Waals surface area contributed by atoms with E-state index in [0.29, 0.717) is 30.9 Å². The summed E-state index contributed by atoms with van der Waals surface area (Å²) in [6, 6.07) is 7.59. The van der Waals surface area contributed by atoms with Gasteiger partial charge in [0, 0.05) is 43.6 Å². The number of likely N-dealkylation sites (tertiary alicyclic amines) is 1. The van der Waals surface area contributed by atoms with Crippen LogP contribution in [0, 0.1) is 5.82 Å². The molecule has 0 radical (unpaired) electrons. The van der Waals surface area contributed by atoms with E-state index in [1.54, 1.807) is 40.1 Å². The van der Waals surface area contributed by atoms with Gasteiger partial charge in [-0.1, -0.05) is 6.92 Å². The third-order valence-electron chi connectivity index (χ3n) is 4.27. The molecule has 1 fully saturated rings. The SMILES string of the molecule is CCC(=O)N1CC[C@H](NC(=O)Nc2ccc(F)c(-n3cccc3)c2)C1. The van der Waals surface area contributed by atoms with E-state index < -0.39 is 0 Å². The van der Waals surface area contributed by atoms with Gasteiger partial charge in [-0.25, -0.2) is 9.18 Å². The van der Waals surface area contributed by atoms with E-state index >= 15 is 0 Å². The molecule has 1 aliphatic rings. The second kappa shape index (κ2) is 7.38. The van der Waals surface area contributed by atoms with Gasteiger partial charge < -0.3 is 20.1 Å². The molecule has 0 bridgehead atoms. The Morgan fingerprint density at radius 1 is 1.28 bits per heavy atom. The molecule has 132 valence electrons. The highest BCUT2D eigenvalue weighted by Gasteiger charge is 2.26. The predicted molar refractivity (Wildman–Crippen MR) is 93.2 cm³/mol. The topological polar surface area (TPSA) is 66.4 Å². The summed E-state index contributed by atoms with van der Waals surface area (Å²) < 4.78 is 15.6. The van der Waals surface area contributed by atoms with Crippen LogP contribution in [0.5, 0.6) is 0 Å². The summed E-state index contributed by atoms with van der Waals surface area (Å²) in [5, 5.41) is 5.58. The number of urea groups is 1. The first-order chi connectivity index (χ1) is 12.1. The number of carbonyl (C=O) groups excluding carboxylic acids is 2. The minimum absolute atomic E-state index is 0.0696. The van der Waals surface area contributed by atoms with Crippen molar-refractivity contribution < 1.29 is 14.0 Å². The van der Waals surface area contributed by atoms with Crippen molar-refractivity contribution in [3.63, 3.8) is 0 Å². The van der Waals surface area contributed by atoms with Gasteiger partial charge in [-0.2, -0.15) is 0 Å². The molecule has 3 amide bonds. The predicted octanol–water partition coefficient (Wildman–Crippen LogP) is 2.75. The highest BCUT2D eigenvalue weighted by Crippen LogP contribution is 2.19. The van der Waals surface area contributed by atoms with E-state index in [1.807, 2.05) is 6.92 Å². The number of aromatic nitrogens is 1. The lowest BCUT2D eigenvalue weighted by Crippen LogP contribution is -2.40. The van der Waals surface area contributed by atoms with Crippen LogP contribution in [0.4, 0.5) is 14.9 Å². The average Bonchev–Trinajstić information content (AvgIpc) is 3.27. The van der Waals surface area contributed by atoms with Gasteiger partial charge in [-0.15, -0.1) is 0 Å². The lowest BCUT2D eigenvalue weighted by atomic mass is 10.2. The summed E-state index contributed by atoms with van der Waals surface area (Å²) in [5.74, 6) is -0.272. The highest BCUT2D eigenvalue weighted by atomic mass is 19.1. The molecule has 2 aromatic rings. The summed E-state index contributed by atoms with van der Waals surface area (Å²) in [6.07, 6.45) is 4.67. The zero-order valence-corrected chi connectivity index (χ0v) is 14.0. The van der Waals surface area contributed by atoms with Gasteiger partial charge in [0.1, 0.15) is 5.82 Å². The van der Waals surface area contributed by atoms with Gasteiger partial charge in [-0.05, 0) is 36.8 Å². The molecule has 1 aromatic carbocycles. The van der Waals surface area contributed by atoms with Crippen molar-refractivity contribution in [2.75, 3.05) is 18.4 Å². The van der Waals surface area contributed by atoms with Gasteiger partial charge in [0.15, 0.2) is 0 Å². The summed E-state index contributed by atoms with van der Waals surface area (Å²) >= 11 is 0. The fourth-order valence-corrected chi connectivity index (χ4v) is 2.96. The number of halogens is 1. The third kappa shape index (κ3) is 3.99. The van der Waals surface area contributed by atoms with Crippen LogP contribution in [-0.4, -0.2) is 40.5 Å². The number of amides is 3. The van der Waals surface area contributed by atoms with E-state index in [-0.39, 0.29) is 23.8 Å². The van der Waals surface area contributed by atoms with Crippen LogP contribution in [-0.2, 0) is 4.79 Å². The largest absolute Gasteiger partial charge is 0.341 e. The summed E-state index contributed by atoms with van der Waals surface area (Å²) in [4.78, 5) is 25.6. The molecule has 25 heavy (non-hydrogen) atoms. The van der Waals surface area contributed by atoms with Crippen molar-refractivity contribution in [1.82, 2.24) is 14.8 Å². The number of benzene rings is 1. The van der Waals surface area contributed by atoms with E-state index in [2.05, 4.69) is 10.6 Å². The first-order valence-electron chi connectivity index (χ1n) is 8.35. The number of hydrogen-bond donors (Lipinski definition) is 2. The molecule has 7 heteroatoms. The maximum absolute atomic E-state index is 14.0. The van der Waals surface area contributed by atoms with Crippen molar-refractivity contribution in [1.29, 1.82) is 0 Å². The molecule has 0 saturated carbocycles. The van der Waals surface area contributed by atoms with E-state index in [0.717, 1.165) is 6.42 Å². The highest BCUT2D eigenvalue weighted by molar-refractivity contribution is 5.90. The number of rotatable bonds is 4. The van der Waals surface area contributed by atoms with Crippen LogP contribution in [0.1, 0.15) is 19.8 Å². The molecule has 1 aromatic heterocycles. The van der Waals surface area contributed by atoms with Gasteiger partial charge in [-0.3, -0.25) is 4.79 Å². The zero-order valence-electron chi connectivity index (χ0n) is 14.0. The smallest absolute Gasteiger partial charge is 0.319 e. The normalized spacial score (nSPS) is 16.7. The van der Waals surface area contributed by atoms with Crippen LogP contribution < -0.4 is 10.6 Å². The second-order valence-corrected chi connectivity index (χ2v) is 6.03. The maximum atomic E-state index is 14.0. The Labute approximate surface area is 145 Å². The van der Waals surface area contributed by atoms with Crippen molar-refractivity contribution in [3.8, 4) is 5.69 Å². The Hall–Kier alpha value is -2.83. The minimum Gasteiger partial charge on any atom is -0.341 e.